The van der Waals surface area contributed by atoms with E-state index in [9.17, 15) is 4.39 Å². The maximum atomic E-state index is 12.8. The fourth-order valence-electron chi connectivity index (χ4n) is 1.56. The Morgan fingerprint density at radius 3 is 2.92 bits per heavy atom. The average Bonchev–Trinajstić information content (AvgIpc) is 2.46. The molecule has 1 aromatic rings. The highest BCUT2D eigenvalue weighted by Gasteiger charge is 2.17. The number of hydrogen-bond donors (Lipinski definition) is 1. The molecular weight excluding hydrogens is 155 g/mol. The van der Waals surface area contributed by atoms with E-state index in [1.54, 1.807) is 6.07 Å². The monoisotopic (exact) mass is 164 g/mol. The van der Waals surface area contributed by atoms with Gasteiger partial charge < -0.3 is 5.84 Å². The van der Waals surface area contributed by atoms with Crippen LogP contribution in [0.4, 0.5) is 4.39 Å². The zero-order valence-corrected chi connectivity index (χ0v) is 6.55. The molecule has 62 valence electrons. The molecule has 2 N–H and O–H groups in total. The third kappa shape index (κ3) is 0.978. The van der Waals surface area contributed by atoms with Crippen LogP contribution < -0.4 is 5.84 Å². The predicted octanol–water partition coefficient (Wildman–Crippen LogP) is 1.43. The van der Waals surface area contributed by atoms with Crippen molar-refractivity contribution in [2.45, 2.75) is 12.8 Å². The molecule has 0 heterocycles. The van der Waals surface area contributed by atoms with Crippen molar-refractivity contribution in [3.05, 3.63) is 35.1 Å². The average molecular weight is 164 g/mol. The van der Waals surface area contributed by atoms with Crippen LogP contribution in [-0.2, 0) is 6.42 Å². The third-order valence-electron chi connectivity index (χ3n) is 2.17. The fourth-order valence-corrected chi connectivity index (χ4v) is 1.56. The summed E-state index contributed by atoms with van der Waals surface area (Å²) in [6, 6.07) is 4.76. The summed E-state index contributed by atoms with van der Waals surface area (Å²) in [5, 5.41) is 3.62. The number of hydrazone groups is 1. The standard InChI is InChI=1S/C9H9FN2/c10-7-3-1-6-2-4-9(12-11)8(6)5-7/h1,3,5H,2,4,11H2. The van der Waals surface area contributed by atoms with Gasteiger partial charge in [-0.1, -0.05) is 6.07 Å². The fraction of sp³-hybridized carbons (Fsp3) is 0.222. The van der Waals surface area contributed by atoms with Crippen molar-refractivity contribution in [1.82, 2.24) is 0 Å². The molecule has 0 radical (unpaired) electrons. The molecule has 0 bridgehead atoms. The molecular formula is C9H9FN2. The minimum atomic E-state index is -0.225. The summed E-state index contributed by atoms with van der Waals surface area (Å²) in [6.07, 6.45) is 1.75. The molecule has 0 saturated carbocycles. The molecule has 1 aliphatic rings. The Morgan fingerprint density at radius 2 is 2.17 bits per heavy atom. The molecule has 1 aromatic carbocycles. The molecule has 0 spiro atoms. The van der Waals surface area contributed by atoms with Gasteiger partial charge in [0.25, 0.3) is 0 Å². The van der Waals surface area contributed by atoms with Gasteiger partial charge in [-0.3, -0.25) is 0 Å². The van der Waals surface area contributed by atoms with E-state index in [0.717, 1.165) is 29.7 Å². The molecule has 0 amide bonds. The summed E-state index contributed by atoms with van der Waals surface area (Å²) in [5.41, 5.74) is 2.82. The molecule has 2 rings (SSSR count). The van der Waals surface area contributed by atoms with Gasteiger partial charge >= 0.3 is 0 Å². The van der Waals surface area contributed by atoms with Gasteiger partial charge in [-0.15, -0.1) is 0 Å². The van der Waals surface area contributed by atoms with Crippen LogP contribution in [0.15, 0.2) is 23.3 Å². The van der Waals surface area contributed by atoms with E-state index >= 15 is 0 Å². The van der Waals surface area contributed by atoms with Gasteiger partial charge in [-0.25, -0.2) is 4.39 Å². The van der Waals surface area contributed by atoms with Crippen LogP contribution in [0, 0.1) is 5.82 Å². The second-order valence-corrected chi connectivity index (χ2v) is 2.88. The van der Waals surface area contributed by atoms with Gasteiger partial charge in [0, 0.05) is 5.56 Å². The Balaban J connectivity index is 2.57. The van der Waals surface area contributed by atoms with Crippen LogP contribution in [0.1, 0.15) is 17.5 Å². The second kappa shape index (κ2) is 2.59. The third-order valence-corrected chi connectivity index (χ3v) is 2.17. The number of benzene rings is 1. The quantitative estimate of drug-likeness (QED) is 0.457. The van der Waals surface area contributed by atoms with Crippen LogP contribution in [0.3, 0.4) is 0 Å². The van der Waals surface area contributed by atoms with Crippen molar-refractivity contribution in [3.63, 3.8) is 0 Å². The van der Waals surface area contributed by atoms with E-state index < -0.39 is 0 Å². The summed E-state index contributed by atoms with van der Waals surface area (Å²) < 4.78 is 12.8. The SMILES string of the molecule is NN=C1CCc2ccc(F)cc21. The van der Waals surface area contributed by atoms with Gasteiger partial charge in [-0.2, -0.15) is 5.10 Å². The molecule has 1 aliphatic carbocycles. The Labute approximate surface area is 69.9 Å². The summed E-state index contributed by atoms with van der Waals surface area (Å²) >= 11 is 0. The molecule has 0 aliphatic heterocycles. The molecule has 0 aromatic heterocycles. The Morgan fingerprint density at radius 1 is 1.33 bits per heavy atom. The number of fused-ring (bicyclic) bond motifs is 1. The highest BCUT2D eigenvalue weighted by atomic mass is 19.1. The highest BCUT2D eigenvalue weighted by Crippen LogP contribution is 2.22. The lowest BCUT2D eigenvalue weighted by molar-refractivity contribution is 0.627. The van der Waals surface area contributed by atoms with Crippen LogP contribution in [0.25, 0.3) is 0 Å². The van der Waals surface area contributed by atoms with E-state index in [0.29, 0.717) is 0 Å². The molecule has 0 fully saturated rings. The number of nitrogens with two attached hydrogens (primary N) is 1. The first kappa shape index (κ1) is 7.28. The molecule has 3 heteroatoms. The van der Waals surface area contributed by atoms with E-state index in [4.69, 9.17) is 5.84 Å². The largest absolute Gasteiger partial charge is 0.323 e. The minimum Gasteiger partial charge on any atom is -0.323 e. The molecule has 12 heavy (non-hydrogen) atoms. The topological polar surface area (TPSA) is 38.4 Å². The zero-order valence-electron chi connectivity index (χ0n) is 6.55. The van der Waals surface area contributed by atoms with Crippen molar-refractivity contribution >= 4 is 5.71 Å². The summed E-state index contributed by atoms with van der Waals surface area (Å²) in [4.78, 5) is 0. The molecule has 0 atom stereocenters. The first-order valence-electron chi connectivity index (χ1n) is 3.87. The van der Waals surface area contributed by atoms with Crippen LogP contribution in [0.5, 0.6) is 0 Å². The Kier molecular flexibility index (Phi) is 1.57. The Hall–Kier alpha value is -1.38. The predicted molar refractivity (Wildman–Crippen MR) is 45.4 cm³/mol. The highest BCUT2D eigenvalue weighted by molar-refractivity contribution is 6.04. The van der Waals surface area contributed by atoms with Crippen molar-refractivity contribution in [2.75, 3.05) is 0 Å². The summed E-state index contributed by atoms with van der Waals surface area (Å²) in [6.45, 7) is 0. The summed E-state index contributed by atoms with van der Waals surface area (Å²) in [5.74, 6) is 4.94. The number of hydrogen-bond acceptors (Lipinski definition) is 2. The van der Waals surface area contributed by atoms with E-state index in [2.05, 4.69) is 5.10 Å². The normalized spacial score (nSPS) is 18.2. The van der Waals surface area contributed by atoms with E-state index in [-0.39, 0.29) is 5.82 Å². The number of aryl methyl sites for hydroxylation is 1. The molecule has 0 saturated heterocycles. The van der Waals surface area contributed by atoms with Crippen molar-refractivity contribution in [3.8, 4) is 0 Å². The zero-order chi connectivity index (χ0) is 8.55. The maximum Gasteiger partial charge on any atom is 0.123 e. The first-order chi connectivity index (χ1) is 5.81. The molecule has 2 nitrogen and oxygen atoms in total. The van der Waals surface area contributed by atoms with Crippen LogP contribution in [0.2, 0.25) is 0 Å². The van der Waals surface area contributed by atoms with E-state index in [1.165, 1.54) is 12.1 Å². The Bertz CT molecular complexity index is 344. The molecule has 0 unspecified atom stereocenters. The smallest absolute Gasteiger partial charge is 0.123 e. The minimum absolute atomic E-state index is 0.225. The van der Waals surface area contributed by atoms with Crippen molar-refractivity contribution in [2.24, 2.45) is 10.9 Å². The first-order valence-corrected chi connectivity index (χ1v) is 3.87. The number of nitrogens with zero attached hydrogens (tertiary/aromatic N) is 1. The lowest BCUT2D eigenvalue weighted by Gasteiger charge is -1.97. The van der Waals surface area contributed by atoms with Crippen molar-refractivity contribution < 1.29 is 4.39 Å². The van der Waals surface area contributed by atoms with Gasteiger partial charge in [-0.05, 0) is 30.5 Å². The van der Waals surface area contributed by atoms with Crippen LogP contribution in [-0.4, -0.2) is 5.71 Å². The van der Waals surface area contributed by atoms with Gasteiger partial charge in [0.05, 0.1) is 5.71 Å². The van der Waals surface area contributed by atoms with Gasteiger partial charge in [0.1, 0.15) is 5.82 Å². The number of rotatable bonds is 0. The van der Waals surface area contributed by atoms with Crippen molar-refractivity contribution in [1.29, 1.82) is 0 Å². The van der Waals surface area contributed by atoms with Gasteiger partial charge in [0.15, 0.2) is 0 Å². The number of halogens is 1. The summed E-state index contributed by atoms with van der Waals surface area (Å²) in [7, 11) is 0. The van der Waals surface area contributed by atoms with E-state index in [1.807, 2.05) is 0 Å². The lowest BCUT2D eigenvalue weighted by Crippen LogP contribution is -1.98. The second-order valence-electron chi connectivity index (χ2n) is 2.88. The van der Waals surface area contributed by atoms with Crippen LogP contribution >= 0.6 is 0 Å². The van der Waals surface area contributed by atoms with Gasteiger partial charge in [0.2, 0.25) is 0 Å². The lowest BCUT2D eigenvalue weighted by atomic mass is 10.1. The maximum absolute atomic E-state index is 12.8.